The second-order valence-corrected chi connectivity index (χ2v) is 26.0. The zero-order valence-corrected chi connectivity index (χ0v) is 54.0. The standard InChI is InChI=1S/C69H132NO8P/c1-6-8-10-12-14-16-18-20-22-23-24-25-26-27-28-29-30-31-32-33-34-35-36-37-38-39-40-41-42-43-44-45-46-48-49-51-53-55-57-59-61-68(71)75-65-67(66-77-79(73,74)76-64-63-70(3,4)5)78-69(72)62-60-58-56-54-52-50-47-21-19-17-15-13-11-9-7-2/h9,11,15,17,21,47,67H,6-8,10,12-14,16,18-20,22-46,48-66H2,1-5H3/p+1/b11-9-,17-15-,47-21-. The zero-order valence-electron chi connectivity index (χ0n) is 53.1. The molecule has 0 amide bonds. The van der Waals surface area contributed by atoms with E-state index >= 15 is 0 Å². The van der Waals surface area contributed by atoms with Crippen molar-refractivity contribution >= 4 is 19.8 Å². The molecule has 2 unspecified atom stereocenters. The van der Waals surface area contributed by atoms with Gasteiger partial charge in [-0.2, -0.15) is 0 Å². The molecular formula is C69H133NO8P+. The van der Waals surface area contributed by atoms with E-state index in [1.165, 1.54) is 238 Å². The summed E-state index contributed by atoms with van der Waals surface area (Å²) in [5.74, 6) is -0.804. The fourth-order valence-corrected chi connectivity index (χ4v) is 11.0. The van der Waals surface area contributed by atoms with Crippen LogP contribution in [0.25, 0.3) is 0 Å². The topological polar surface area (TPSA) is 108 Å². The Morgan fingerprint density at radius 2 is 0.722 bits per heavy atom. The second-order valence-electron chi connectivity index (χ2n) is 24.5. The Bertz CT molecular complexity index is 1430. The van der Waals surface area contributed by atoms with Crippen LogP contribution in [0.3, 0.4) is 0 Å². The summed E-state index contributed by atoms with van der Waals surface area (Å²) in [5.41, 5.74) is 0. The molecule has 0 saturated heterocycles. The quantitative estimate of drug-likeness (QED) is 0.0211. The van der Waals surface area contributed by atoms with Gasteiger partial charge in [-0.15, -0.1) is 0 Å². The van der Waals surface area contributed by atoms with Gasteiger partial charge in [0.05, 0.1) is 27.7 Å². The van der Waals surface area contributed by atoms with Gasteiger partial charge < -0.3 is 18.9 Å². The van der Waals surface area contributed by atoms with Crippen LogP contribution in [-0.2, 0) is 32.7 Å². The maximum absolute atomic E-state index is 12.8. The number of phosphoric ester groups is 1. The molecule has 0 bridgehead atoms. The van der Waals surface area contributed by atoms with Crippen molar-refractivity contribution in [2.24, 2.45) is 0 Å². The lowest BCUT2D eigenvalue weighted by atomic mass is 10.0. The number of hydrogen-bond donors (Lipinski definition) is 1. The summed E-state index contributed by atoms with van der Waals surface area (Å²) >= 11 is 0. The van der Waals surface area contributed by atoms with Crippen molar-refractivity contribution in [3.8, 4) is 0 Å². The Labute approximate surface area is 491 Å². The first-order valence-corrected chi connectivity index (χ1v) is 35.7. The predicted molar refractivity (Wildman–Crippen MR) is 340 cm³/mol. The van der Waals surface area contributed by atoms with Crippen molar-refractivity contribution in [2.45, 2.75) is 347 Å². The highest BCUT2D eigenvalue weighted by atomic mass is 31.2. The lowest BCUT2D eigenvalue weighted by Crippen LogP contribution is -2.37. The highest BCUT2D eigenvalue weighted by molar-refractivity contribution is 7.47. The summed E-state index contributed by atoms with van der Waals surface area (Å²) in [6, 6.07) is 0. The number of allylic oxidation sites excluding steroid dienone is 6. The summed E-state index contributed by atoms with van der Waals surface area (Å²) in [5, 5.41) is 0. The first kappa shape index (κ1) is 77.2. The monoisotopic (exact) mass is 1130 g/mol. The van der Waals surface area contributed by atoms with Crippen molar-refractivity contribution in [2.75, 3.05) is 47.5 Å². The molecule has 0 aliphatic rings. The minimum absolute atomic E-state index is 0.0291. The molecule has 1 N–H and O–H groups in total. The molecule has 0 spiro atoms. The number of unbranched alkanes of at least 4 members (excludes halogenated alkanes) is 44. The van der Waals surface area contributed by atoms with Crippen molar-refractivity contribution in [3.05, 3.63) is 36.5 Å². The minimum Gasteiger partial charge on any atom is -0.462 e. The number of quaternary nitrogens is 1. The summed E-state index contributed by atoms with van der Waals surface area (Å²) in [6.45, 7) is 4.35. The molecule has 9 nitrogen and oxygen atoms in total. The van der Waals surface area contributed by atoms with Gasteiger partial charge in [-0.05, 0) is 44.9 Å². The van der Waals surface area contributed by atoms with Crippen LogP contribution in [-0.4, -0.2) is 74.9 Å². The van der Waals surface area contributed by atoms with Crippen molar-refractivity contribution in [1.82, 2.24) is 0 Å². The number of carbonyl (C=O) groups is 2. The molecule has 0 aromatic heterocycles. The van der Waals surface area contributed by atoms with Crippen molar-refractivity contribution < 1.29 is 42.1 Å². The number of likely N-dealkylation sites (N-methyl/N-ethyl adjacent to an activating group) is 1. The zero-order chi connectivity index (χ0) is 57.7. The number of esters is 2. The number of rotatable bonds is 64. The van der Waals surface area contributed by atoms with Gasteiger partial charge in [-0.1, -0.05) is 320 Å². The van der Waals surface area contributed by atoms with Crippen LogP contribution in [0.1, 0.15) is 341 Å². The van der Waals surface area contributed by atoms with Crippen LogP contribution >= 0.6 is 7.82 Å². The van der Waals surface area contributed by atoms with E-state index in [9.17, 15) is 19.0 Å². The molecule has 0 aliphatic carbocycles. The maximum Gasteiger partial charge on any atom is 0.472 e. The van der Waals surface area contributed by atoms with Crippen LogP contribution in [0.5, 0.6) is 0 Å². The Balaban J connectivity index is 3.82. The molecule has 0 rings (SSSR count). The number of hydrogen-bond acceptors (Lipinski definition) is 7. The third kappa shape index (κ3) is 65.3. The van der Waals surface area contributed by atoms with Gasteiger partial charge in [0.15, 0.2) is 6.10 Å². The average Bonchev–Trinajstić information content (AvgIpc) is 3.41. The number of nitrogens with zero attached hydrogens (tertiary/aromatic N) is 1. The van der Waals surface area contributed by atoms with Gasteiger partial charge in [0.25, 0.3) is 0 Å². The van der Waals surface area contributed by atoms with E-state index in [2.05, 4.69) is 50.3 Å². The molecule has 79 heavy (non-hydrogen) atoms. The van der Waals surface area contributed by atoms with Gasteiger partial charge >= 0.3 is 19.8 Å². The molecule has 0 saturated carbocycles. The van der Waals surface area contributed by atoms with E-state index in [0.29, 0.717) is 17.4 Å². The first-order valence-electron chi connectivity index (χ1n) is 34.2. The predicted octanol–water partition coefficient (Wildman–Crippen LogP) is 21.9. The molecule has 10 heteroatoms. The van der Waals surface area contributed by atoms with Gasteiger partial charge in [-0.3, -0.25) is 18.6 Å². The molecule has 0 radical (unpaired) electrons. The van der Waals surface area contributed by atoms with Gasteiger partial charge in [0, 0.05) is 12.8 Å². The van der Waals surface area contributed by atoms with Crippen LogP contribution in [0, 0.1) is 0 Å². The SMILES string of the molecule is CC/C=C\C/C=C\C/C=C\CCCCCCCC(=O)OC(COC(=O)CCCCCCCCCCCCCCCCCCCCCCCCCCCCCCCCCCCCCCCCCC)COP(=O)(O)OCC[N+](C)(C)C. The van der Waals surface area contributed by atoms with E-state index in [4.69, 9.17) is 18.5 Å². The third-order valence-corrected chi connectivity index (χ3v) is 16.4. The average molecular weight is 1140 g/mol. The smallest absolute Gasteiger partial charge is 0.462 e. The highest BCUT2D eigenvalue weighted by Gasteiger charge is 2.27. The van der Waals surface area contributed by atoms with E-state index in [0.717, 1.165) is 70.6 Å². The lowest BCUT2D eigenvalue weighted by Gasteiger charge is -2.24. The summed E-state index contributed by atoms with van der Waals surface area (Å²) in [7, 11) is 1.48. The molecule has 2 atom stereocenters. The highest BCUT2D eigenvalue weighted by Crippen LogP contribution is 2.43. The Hall–Kier alpha value is -1.77. The van der Waals surface area contributed by atoms with E-state index in [1.54, 1.807) is 0 Å². The summed E-state index contributed by atoms with van der Waals surface area (Å²) in [6.07, 6.45) is 77.2. The summed E-state index contributed by atoms with van der Waals surface area (Å²) < 4.78 is 34.6. The second kappa shape index (κ2) is 60.8. The molecule has 466 valence electrons. The number of carbonyl (C=O) groups excluding carboxylic acids is 2. The fourth-order valence-electron chi connectivity index (χ4n) is 10.2. The van der Waals surface area contributed by atoms with Crippen LogP contribution in [0.2, 0.25) is 0 Å². The van der Waals surface area contributed by atoms with E-state index in [1.807, 2.05) is 21.1 Å². The third-order valence-electron chi connectivity index (χ3n) is 15.4. The van der Waals surface area contributed by atoms with Gasteiger partial charge in [-0.25, -0.2) is 4.57 Å². The first-order chi connectivity index (χ1) is 38.5. The molecular weight excluding hydrogens is 1000 g/mol. The molecule has 0 fully saturated rings. The maximum atomic E-state index is 12.8. The van der Waals surface area contributed by atoms with Crippen LogP contribution < -0.4 is 0 Å². The number of ether oxygens (including phenoxy) is 2. The van der Waals surface area contributed by atoms with Crippen LogP contribution in [0.4, 0.5) is 0 Å². The Morgan fingerprint density at radius 3 is 1.08 bits per heavy atom. The van der Waals surface area contributed by atoms with Gasteiger partial charge in [0.1, 0.15) is 19.8 Å². The van der Waals surface area contributed by atoms with Crippen molar-refractivity contribution in [1.29, 1.82) is 0 Å². The summed E-state index contributed by atoms with van der Waals surface area (Å²) in [4.78, 5) is 35.7. The van der Waals surface area contributed by atoms with Crippen molar-refractivity contribution in [3.63, 3.8) is 0 Å². The molecule has 0 aliphatic heterocycles. The van der Waals surface area contributed by atoms with Gasteiger partial charge in [0.2, 0.25) is 0 Å². The molecule has 0 aromatic carbocycles. The Morgan fingerprint density at radius 1 is 0.405 bits per heavy atom. The largest absolute Gasteiger partial charge is 0.472 e. The van der Waals surface area contributed by atoms with E-state index < -0.39 is 26.5 Å². The Kier molecular flexibility index (Phi) is 59.4. The normalized spacial score (nSPS) is 13.3. The number of phosphoric acid groups is 1. The molecule has 0 aromatic rings. The minimum atomic E-state index is -4.39. The fraction of sp³-hybridized carbons (Fsp3) is 0.884. The molecule has 0 heterocycles. The lowest BCUT2D eigenvalue weighted by molar-refractivity contribution is -0.870. The van der Waals surface area contributed by atoms with Crippen LogP contribution in [0.15, 0.2) is 36.5 Å². The van der Waals surface area contributed by atoms with E-state index in [-0.39, 0.29) is 32.0 Å².